The molecule has 0 heterocycles. The van der Waals surface area contributed by atoms with Crippen molar-refractivity contribution in [2.24, 2.45) is 0 Å². The molecule has 0 saturated heterocycles. The van der Waals surface area contributed by atoms with Gasteiger partial charge in [0.1, 0.15) is 6.04 Å². The van der Waals surface area contributed by atoms with Crippen LogP contribution in [0.4, 0.5) is 0 Å². The van der Waals surface area contributed by atoms with E-state index in [9.17, 15) is 14.4 Å². The number of nitrogens with one attached hydrogen (secondary N) is 1. The van der Waals surface area contributed by atoms with Crippen LogP contribution in [-0.4, -0.2) is 34.1 Å². The molecule has 0 aliphatic carbocycles. The van der Waals surface area contributed by atoms with Crippen molar-refractivity contribution in [2.75, 3.05) is 0 Å². The summed E-state index contributed by atoms with van der Waals surface area (Å²) in [5.74, 6) is -2.67. The Kier molecular flexibility index (Phi) is 6.36. The molecule has 21 heavy (non-hydrogen) atoms. The van der Waals surface area contributed by atoms with Gasteiger partial charge >= 0.3 is 11.9 Å². The largest absolute Gasteiger partial charge is 0.481 e. The normalized spacial score (nSPS) is 11.7. The summed E-state index contributed by atoms with van der Waals surface area (Å²) in [6.45, 7) is 1.87. The molecule has 0 spiro atoms. The van der Waals surface area contributed by atoms with Gasteiger partial charge in [0.2, 0.25) is 0 Å². The minimum Gasteiger partial charge on any atom is -0.481 e. The summed E-state index contributed by atoms with van der Waals surface area (Å²) >= 11 is 3.31. The van der Waals surface area contributed by atoms with Gasteiger partial charge in [-0.3, -0.25) is 9.59 Å². The van der Waals surface area contributed by atoms with Crippen LogP contribution in [0, 0.1) is 6.92 Å². The van der Waals surface area contributed by atoms with Crippen LogP contribution < -0.4 is 5.32 Å². The lowest BCUT2D eigenvalue weighted by molar-refractivity contribution is -0.140. The summed E-state index contributed by atoms with van der Waals surface area (Å²) in [6.07, 6.45) is 0.125. The molecule has 6 nitrogen and oxygen atoms in total. The first-order valence-electron chi connectivity index (χ1n) is 6.33. The van der Waals surface area contributed by atoms with E-state index in [4.69, 9.17) is 10.2 Å². The summed E-state index contributed by atoms with van der Waals surface area (Å²) < 4.78 is 0.757. The first-order valence-corrected chi connectivity index (χ1v) is 7.12. The third kappa shape index (κ3) is 5.55. The lowest BCUT2D eigenvalue weighted by Crippen LogP contribution is -2.40. The molecule has 0 saturated carbocycles. The highest BCUT2D eigenvalue weighted by atomic mass is 79.9. The van der Waals surface area contributed by atoms with Crippen molar-refractivity contribution >= 4 is 33.8 Å². The molecule has 0 unspecified atom stereocenters. The van der Waals surface area contributed by atoms with Crippen LogP contribution in [0.25, 0.3) is 0 Å². The quantitative estimate of drug-likeness (QED) is 0.693. The van der Waals surface area contributed by atoms with Crippen LogP contribution in [0.15, 0.2) is 22.7 Å². The number of rotatable bonds is 7. The predicted octanol–water partition coefficient (Wildman–Crippen LogP) is 2.20. The maximum atomic E-state index is 12.0. The third-order valence-corrected chi connectivity index (χ3v) is 3.78. The van der Waals surface area contributed by atoms with Gasteiger partial charge in [-0.25, -0.2) is 4.79 Å². The SMILES string of the molecule is Cc1ccc(C(=O)N[C@H](CCCC(=O)O)C(=O)O)cc1Br. The monoisotopic (exact) mass is 357 g/mol. The Bertz CT molecular complexity index is 558. The van der Waals surface area contributed by atoms with Crippen molar-refractivity contribution in [3.05, 3.63) is 33.8 Å². The maximum Gasteiger partial charge on any atom is 0.326 e. The Morgan fingerprint density at radius 3 is 2.48 bits per heavy atom. The Morgan fingerprint density at radius 2 is 1.95 bits per heavy atom. The summed E-state index contributed by atoms with van der Waals surface area (Å²) in [5.41, 5.74) is 1.31. The molecule has 1 rings (SSSR count). The average Bonchev–Trinajstić information content (AvgIpc) is 2.40. The molecule has 114 valence electrons. The van der Waals surface area contributed by atoms with Gasteiger partial charge in [-0.05, 0) is 37.5 Å². The predicted molar refractivity (Wildman–Crippen MR) is 79.3 cm³/mol. The first-order chi connectivity index (χ1) is 9.81. The van der Waals surface area contributed by atoms with E-state index in [0.29, 0.717) is 5.56 Å². The minimum absolute atomic E-state index is 0.0698. The van der Waals surface area contributed by atoms with Crippen molar-refractivity contribution in [3.63, 3.8) is 0 Å². The number of hydrogen-bond acceptors (Lipinski definition) is 3. The second kappa shape index (κ2) is 7.78. The van der Waals surface area contributed by atoms with Gasteiger partial charge in [0.05, 0.1) is 0 Å². The highest BCUT2D eigenvalue weighted by molar-refractivity contribution is 9.10. The van der Waals surface area contributed by atoms with Gasteiger partial charge in [-0.15, -0.1) is 0 Å². The molecule has 0 aromatic heterocycles. The number of carboxylic acids is 2. The first kappa shape index (κ1) is 17.2. The number of carboxylic acid groups (broad SMARTS) is 2. The number of hydrogen-bond donors (Lipinski definition) is 3. The van der Waals surface area contributed by atoms with Gasteiger partial charge < -0.3 is 15.5 Å². The minimum atomic E-state index is -1.18. The zero-order valence-corrected chi connectivity index (χ0v) is 13.0. The van der Waals surface area contributed by atoms with E-state index in [0.717, 1.165) is 10.0 Å². The van der Waals surface area contributed by atoms with E-state index < -0.39 is 23.9 Å². The Morgan fingerprint density at radius 1 is 1.29 bits per heavy atom. The molecule has 1 amide bonds. The number of carbonyl (C=O) groups excluding carboxylic acids is 1. The van der Waals surface area contributed by atoms with Crippen molar-refractivity contribution < 1.29 is 24.6 Å². The van der Waals surface area contributed by atoms with Gasteiger partial charge in [0, 0.05) is 16.5 Å². The molecule has 3 N–H and O–H groups in total. The average molecular weight is 358 g/mol. The number of halogens is 1. The second-order valence-electron chi connectivity index (χ2n) is 4.61. The molecule has 1 aromatic carbocycles. The standard InChI is InChI=1S/C14H16BrNO5/c1-8-5-6-9(7-10(8)15)13(19)16-11(14(20)21)3-2-4-12(17)18/h5-7,11H,2-4H2,1H3,(H,16,19)(H,17,18)(H,20,21)/t11-/m1/s1. The van der Waals surface area contributed by atoms with Gasteiger partial charge in [-0.2, -0.15) is 0 Å². The van der Waals surface area contributed by atoms with Crippen LogP contribution in [0.2, 0.25) is 0 Å². The van der Waals surface area contributed by atoms with Gasteiger partial charge in [0.25, 0.3) is 5.91 Å². The van der Waals surface area contributed by atoms with Crippen LogP contribution >= 0.6 is 15.9 Å². The molecule has 7 heteroatoms. The molecular weight excluding hydrogens is 342 g/mol. The molecule has 0 aliphatic heterocycles. The lowest BCUT2D eigenvalue weighted by atomic mass is 10.1. The number of aryl methyl sites for hydroxylation is 1. The smallest absolute Gasteiger partial charge is 0.326 e. The van der Waals surface area contributed by atoms with Crippen LogP contribution in [0.1, 0.15) is 35.2 Å². The van der Waals surface area contributed by atoms with Crippen LogP contribution in [0.3, 0.4) is 0 Å². The fraction of sp³-hybridized carbons (Fsp3) is 0.357. The summed E-state index contributed by atoms with van der Waals surface area (Å²) in [6, 6.07) is 3.86. The number of amides is 1. The summed E-state index contributed by atoms with van der Waals surface area (Å²) in [5, 5.41) is 20.0. The molecular formula is C14H16BrNO5. The lowest BCUT2D eigenvalue weighted by Gasteiger charge is -2.14. The third-order valence-electron chi connectivity index (χ3n) is 2.92. The Labute approximate surface area is 130 Å². The van der Waals surface area contributed by atoms with E-state index in [-0.39, 0.29) is 19.3 Å². The highest BCUT2D eigenvalue weighted by Crippen LogP contribution is 2.17. The van der Waals surface area contributed by atoms with E-state index in [1.807, 2.05) is 6.92 Å². The fourth-order valence-corrected chi connectivity index (χ4v) is 2.07. The topological polar surface area (TPSA) is 104 Å². The number of benzene rings is 1. The molecule has 1 aromatic rings. The second-order valence-corrected chi connectivity index (χ2v) is 5.47. The number of carbonyl (C=O) groups is 3. The van der Waals surface area contributed by atoms with E-state index in [1.54, 1.807) is 18.2 Å². The van der Waals surface area contributed by atoms with Crippen molar-refractivity contribution in [1.82, 2.24) is 5.32 Å². The summed E-state index contributed by atoms with van der Waals surface area (Å²) in [7, 11) is 0. The summed E-state index contributed by atoms with van der Waals surface area (Å²) in [4.78, 5) is 33.5. The maximum absolute atomic E-state index is 12.0. The molecule has 1 atom stereocenters. The van der Waals surface area contributed by atoms with Crippen molar-refractivity contribution in [3.8, 4) is 0 Å². The fourth-order valence-electron chi connectivity index (χ4n) is 1.69. The zero-order valence-electron chi connectivity index (χ0n) is 11.4. The van der Waals surface area contributed by atoms with Crippen molar-refractivity contribution in [1.29, 1.82) is 0 Å². The van der Waals surface area contributed by atoms with Crippen LogP contribution in [0.5, 0.6) is 0 Å². The van der Waals surface area contributed by atoms with E-state index in [1.165, 1.54) is 0 Å². The highest BCUT2D eigenvalue weighted by Gasteiger charge is 2.20. The zero-order chi connectivity index (χ0) is 16.0. The Hall–Kier alpha value is -1.89. The Balaban J connectivity index is 2.69. The van der Waals surface area contributed by atoms with Crippen molar-refractivity contribution in [2.45, 2.75) is 32.2 Å². The van der Waals surface area contributed by atoms with E-state index in [2.05, 4.69) is 21.2 Å². The van der Waals surface area contributed by atoms with E-state index >= 15 is 0 Å². The molecule has 0 fully saturated rings. The number of aliphatic carboxylic acids is 2. The van der Waals surface area contributed by atoms with Gasteiger partial charge in [-0.1, -0.05) is 22.0 Å². The molecule has 0 aliphatic rings. The molecule has 0 bridgehead atoms. The van der Waals surface area contributed by atoms with Crippen LogP contribution in [-0.2, 0) is 9.59 Å². The molecule has 0 radical (unpaired) electrons. The van der Waals surface area contributed by atoms with Gasteiger partial charge in [0.15, 0.2) is 0 Å².